The van der Waals surface area contributed by atoms with Gasteiger partial charge < -0.3 is 9.84 Å². The van der Waals surface area contributed by atoms with Crippen molar-refractivity contribution in [3.63, 3.8) is 0 Å². The van der Waals surface area contributed by atoms with Crippen molar-refractivity contribution in [2.45, 2.75) is 32.1 Å². The second-order valence-corrected chi connectivity index (χ2v) is 5.00. The van der Waals surface area contributed by atoms with E-state index in [4.69, 9.17) is 16.3 Å². The van der Waals surface area contributed by atoms with E-state index in [9.17, 15) is 9.90 Å². The predicted molar refractivity (Wildman–Crippen MR) is 66.0 cm³/mol. The molecule has 92 valence electrons. The van der Waals surface area contributed by atoms with Crippen molar-refractivity contribution in [1.82, 2.24) is 0 Å². The molecule has 1 aliphatic carbocycles. The van der Waals surface area contributed by atoms with Gasteiger partial charge in [0.15, 0.2) is 0 Å². The van der Waals surface area contributed by atoms with Crippen molar-refractivity contribution in [2.24, 2.45) is 0 Å². The molecule has 2 rings (SSSR count). The van der Waals surface area contributed by atoms with Crippen LogP contribution in [-0.4, -0.2) is 18.2 Å². The summed E-state index contributed by atoms with van der Waals surface area (Å²) in [6.07, 6.45) is 1.30. The lowest BCUT2D eigenvalue weighted by molar-refractivity contribution is -0.140. The Morgan fingerprint density at radius 1 is 1.41 bits per heavy atom. The highest BCUT2D eigenvalue weighted by Gasteiger charge is 2.54. The van der Waals surface area contributed by atoms with E-state index in [1.165, 1.54) is 7.11 Å². The minimum atomic E-state index is -0.793. The minimum Gasteiger partial charge on any atom is -0.495 e. The Bertz CT molecular complexity index is 490. The van der Waals surface area contributed by atoms with Crippen LogP contribution in [0.25, 0.3) is 0 Å². The van der Waals surface area contributed by atoms with Gasteiger partial charge in [-0.05, 0) is 37.8 Å². The Balaban J connectivity index is 2.69. The molecule has 4 heteroatoms. The molecule has 1 aliphatic rings. The normalized spacial score (nSPS) is 16.7. The SMILES string of the molecule is COc1c(Cl)c(C)cc(C)c1C1(C(=O)O)CC1. The first-order valence-electron chi connectivity index (χ1n) is 5.51. The summed E-state index contributed by atoms with van der Waals surface area (Å²) < 4.78 is 5.32. The molecule has 0 aromatic heterocycles. The van der Waals surface area contributed by atoms with E-state index in [1.54, 1.807) is 0 Å². The molecule has 1 saturated carbocycles. The molecule has 0 atom stereocenters. The first kappa shape index (κ1) is 12.2. The van der Waals surface area contributed by atoms with Crippen molar-refractivity contribution < 1.29 is 14.6 Å². The van der Waals surface area contributed by atoms with E-state index < -0.39 is 11.4 Å². The first-order valence-corrected chi connectivity index (χ1v) is 5.89. The first-order chi connectivity index (χ1) is 7.94. The number of carbonyl (C=O) groups is 1. The lowest BCUT2D eigenvalue weighted by atomic mass is 9.89. The average molecular weight is 255 g/mol. The second-order valence-electron chi connectivity index (χ2n) is 4.62. The maximum absolute atomic E-state index is 11.4. The maximum atomic E-state index is 11.4. The van der Waals surface area contributed by atoms with Crippen molar-refractivity contribution >= 4 is 17.6 Å². The predicted octanol–water partition coefficient (Wildman–Crippen LogP) is 3.08. The molecule has 0 unspecified atom stereocenters. The van der Waals surface area contributed by atoms with E-state index in [-0.39, 0.29) is 0 Å². The van der Waals surface area contributed by atoms with E-state index in [1.807, 2.05) is 19.9 Å². The molecule has 0 radical (unpaired) electrons. The lowest BCUT2D eigenvalue weighted by Crippen LogP contribution is -2.22. The van der Waals surface area contributed by atoms with Gasteiger partial charge in [-0.3, -0.25) is 4.79 Å². The third kappa shape index (κ3) is 1.69. The molecule has 0 bridgehead atoms. The van der Waals surface area contributed by atoms with Gasteiger partial charge in [0.2, 0.25) is 0 Å². The van der Waals surface area contributed by atoms with Gasteiger partial charge in [0.25, 0.3) is 0 Å². The van der Waals surface area contributed by atoms with Gasteiger partial charge in [0.1, 0.15) is 5.75 Å². The third-order valence-corrected chi connectivity index (χ3v) is 3.91. The number of methoxy groups -OCH3 is 1. The van der Waals surface area contributed by atoms with Crippen LogP contribution in [-0.2, 0) is 10.2 Å². The van der Waals surface area contributed by atoms with Crippen LogP contribution < -0.4 is 4.74 Å². The largest absolute Gasteiger partial charge is 0.495 e. The summed E-state index contributed by atoms with van der Waals surface area (Å²) >= 11 is 6.19. The van der Waals surface area contributed by atoms with Gasteiger partial charge in [0, 0.05) is 5.56 Å². The Labute approximate surface area is 105 Å². The van der Waals surface area contributed by atoms with Gasteiger partial charge in [0.05, 0.1) is 17.5 Å². The number of carboxylic acids is 1. The topological polar surface area (TPSA) is 46.5 Å². The zero-order valence-corrected chi connectivity index (χ0v) is 10.9. The number of carboxylic acid groups (broad SMARTS) is 1. The molecule has 0 aliphatic heterocycles. The van der Waals surface area contributed by atoms with Crippen LogP contribution in [0.5, 0.6) is 5.75 Å². The third-order valence-electron chi connectivity index (χ3n) is 3.44. The summed E-state index contributed by atoms with van der Waals surface area (Å²) in [5, 5.41) is 9.88. The minimum absolute atomic E-state index is 0.514. The fraction of sp³-hybridized carbons (Fsp3) is 0.462. The lowest BCUT2D eigenvalue weighted by Gasteiger charge is -2.20. The molecule has 0 saturated heterocycles. The summed E-state index contributed by atoms with van der Waals surface area (Å²) in [7, 11) is 1.53. The van der Waals surface area contributed by atoms with Crippen molar-refractivity contribution in [1.29, 1.82) is 0 Å². The molecule has 1 N–H and O–H groups in total. The van der Waals surface area contributed by atoms with Crippen LogP contribution in [0.15, 0.2) is 6.07 Å². The van der Waals surface area contributed by atoms with Crippen LogP contribution >= 0.6 is 11.6 Å². The Hall–Kier alpha value is -1.22. The van der Waals surface area contributed by atoms with Crippen LogP contribution in [0, 0.1) is 13.8 Å². The van der Waals surface area contributed by atoms with E-state index in [0.29, 0.717) is 23.6 Å². The molecule has 3 nitrogen and oxygen atoms in total. The number of halogens is 1. The fourth-order valence-electron chi connectivity index (χ4n) is 2.41. The average Bonchev–Trinajstić information content (AvgIpc) is 3.04. The van der Waals surface area contributed by atoms with Gasteiger partial charge in [-0.2, -0.15) is 0 Å². The summed E-state index contributed by atoms with van der Waals surface area (Å²) in [6, 6.07) is 1.92. The number of hydrogen-bond acceptors (Lipinski definition) is 2. The number of aryl methyl sites for hydroxylation is 2. The quantitative estimate of drug-likeness (QED) is 0.902. The molecule has 0 heterocycles. The highest BCUT2D eigenvalue weighted by molar-refractivity contribution is 6.33. The second kappa shape index (κ2) is 3.91. The van der Waals surface area contributed by atoms with E-state index >= 15 is 0 Å². The maximum Gasteiger partial charge on any atom is 0.314 e. The van der Waals surface area contributed by atoms with Crippen LogP contribution in [0.2, 0.25) is 5.02 Å². The molecule has 0 amide bonds. The van der Waals surface area contributed by atoms with E-state index in [0.717, 1.165) is 16.7 Å². The Morgan fingerprint density at radius 3 is 2.41 bits per heavy atom. The van der Waals surface area contributed by atoms with Gasteiger partial charge in [-0.25, -0.2) is 0 Å². The number of hydrogen-bond donors (Lipinski definition) is 1. The zero-order chi connectivity index (χ0) is 12.8. The molecule has 1 aromatic rings. The standard InChI is InChI=1S/C13H15ClO3/c1-7-6-8(2)10(14)11(17-3)9(7)13(4-5-13)12(15)16/h6H,4-5H2,1-3H3,(H,15,16). The fourth-order valence-corrected chi connectivity index (χ4v) is 2.64. The van der Waals surface area contributed by atoms with Gasteiger partial charge in [-0.1, -0.05) is 17.7 Å². The van der Waals surface area contributed by atoms with E-state index in [2.05, 4.69) is 0 Å². The monoisotopic (exact) mass is 254 g/mol. The van der Waals surface area contributed by atoms with Crippen LogP contribution in [0.1, 0.15) is 29.5 Å². The summed E-state index contributed by atoms with van der Waals surface area (Å²) in [4.78, 5) is 11.4. The number of rotatable bonds is 3. The van der Waals surface area contributed by atoms with Crippen molar-refractivity contribution in [2.75, 3.05) is 7.11 Å². The van der Waals surface area contributed by atoms with Crippen LogP contribution in [0.4, 0.5) is 0 Å². The molecule has 17 heavy (non-hydrogen) atoms. The molecule has 0 spiro atoms. The summed E-state index contributed by atoms with van der Waals surface area (Å²) in [6.45, 7) is 3.80. The van der Waals surface area contributed by atoms with Gasteiger partial charge in [-0.15, -0.1) is 0 Å². The molecule has 1 aromatic carbocycles. The number of benzene rings is 1. The van der Waals surface area contributed by atoms with Crippen LogP contribution in [0.3, 0.4) is 0 Å². The van der Waals surface area contributed by atoms with Crippen molar-refractivity contribution in [3.8, 4) is 5.75 Å². The van der Waals surface area contributed by atoms with Crippen molar-refractivity contribution in [3.05, 3.63) is 27.8 Å². The smallest absolute Gasteiger partial charge is 0.314 e. The van der Waals surface area contributed by atoms with Gasteiger partial charge >= 0.3 is 5.97 Å². The summed E-state index contributed by atoms with van der Waals surface area (Å²) in [5.41, 5.74) is 1.80. The highest BCUT2D eigenvalue weighted by Crippen LogP contribution is 2.54. The number of aliphatic carboxylic acids is 1. The molecular weight excluding hydrogens is 240 g/mol. The molecule has 1 fully saturated rings. The zero-order valence-electron chi connectivity index (χ0n) is 10.1. The highest BCUT2D eigenvalue weighted by atomic mass is 35.5. The summed E-state index contributed by atoms with van der Waals surface area (Å²) in [5.74, 6) is -0.275. The Morgan fingerprint density at radius 2 is 2.00 bits per heavy atom. The number of ether oxygens (including phenoxy) is 1. The molecular formula is C13H15ClO3. The Kier molecular flexibility index (Phi) is 2.82.